The van der Waals surface area contributed by atoms with Gasteiger partial charge < -0.3 is 5.32 Å². The van der Waals surface area contributed by atoms with E-state index in [1.807, 2.05) is 35.8 Å². The summed E-state index contributed by atoms with van der Waals surface area (Å²) < 4.78 is 3.17. The average Bonchev–Trinajstić information content (AvgIpc) is 3.14. The standard InChI is InChI=1S/C20H18N6O2/c1-2-11-26-19(27)10-8-16(24-26)20(28)23-14-7-9-18(21-12-14)25-13-22-15-5-3-4-6-17(15)25/h3-10,12-13H,2,11H2,1H3,(H,23,28). The fourth-order valence-corrected chi connectivity index (χ4v) is 2.88. The highest BCUT2D eigenvalue weighted by Crippen LogP contribution is 2.17. The lowest BCUT2D eigenvalue weighted by Gasteiger charge is -2.08. The van der Waals surface area contributed by atoms with E-state index in [1.54, 1.807) is 24.7 Å². The summed E-state index contributed by atoms with van der Waals surface area (Å²) >= 11 is 0. The molecule has 0 unspecified atom stereocenters. The summed E-state index contributed by atoms with van der Waals surface area (Å²) in [6, 6.07) is 14.1. The molecule has 0 saturated carbocycles. The molecule has 1 aromatic carbocycles. The second kappa shape index (κ2) is 7.43. The zero-order valence-electron chi connectivity index (χ0n) is 15.2. The molecule has 0 saturated heterocycles. The molecule has 1 N–H and O–H groups in total. The largest absolute Gasteiger partial charge is 0.319 e. The summed E-state index contributed by atoms with van der Waals surface area (Å²) in [5.74, 6) is 0.300. The van der Waals surface area contributed by atoms with Crippen LogP contribution in [0.2, 0.25) is 0 Å². The van der Waals surface area contributed by atoms with E-state index < -0.39 is 5.91 Å². The lowest BCUT2D eigenvalue weighted by atomic mass is 10.3. The fourth-order valence-electron chi connectivity index (χ4n) is 2.88. The molecule has 3 aromatic heterocycles. The van der Waals surface area contributed by atoms with E-state index in [2.05, 4.69) is 20.4 Å². The number of benzene rings is 1. The SMILES string of the molecule is CCCn1nc(C(=O)Nc2ccc(-n3cnc4ccccc43)nc2)ccc1=O. The third-order valence-corrected chi connectivity index (χ3v) is 4.24. The number of fused-ring (bicyclic) bond motifs is 1. The zero-order chi connectivity index (χ0) is 19.5. The minimum absolute atomic E-state index is 0.178. The number of carbonyl (C=O) groups excluding carboxylic acids is 1. The minimum atomic E-state index is -0.396. The number of rotatable bonds is 5. The molecular weight excluding hydrogens is 356 g/mol. The predicted octanol–water partition coefficient (Wildman–Crippen LogP) is 2.64. The van der Waals surface area contributed by atoms with Crippen LogP contribution in [0.1, 0.15) is 23.8 Å². The quantitative estimate of drug-likeness (QED) is 0.579. The first kappa shape index (κ1) is 17.6. The number of aromatic nitrogens is 5. The Kier molecular flexibility index (Phi) is 4.67. The van der Waals surface area contributed by atoms with Gasteiger partial charge in [-0.2, -0.15) is 5.10 Å². The van der Waals surface area contributed by atoms with E-state index in [4.69, 9.17) is 0 Å². The van der Waals surface area contributed by atoms with Gasteiger partial charge in [-0.1, -0.05) is 19.1 Å². The molecule has 0 bridgehead atoms. The number of nitrogens with zero attached hydrogens (tertiary/aromatic N) is 5. The molecule has 8 nitrogen and oxygen atoms in total. The van der Waals surface area contributed by atoms with Crippen LogP contribution in [0.15, 0.2) is 65.8 Å². The van der Waals surface area contributed by atoms with Crippen LogP contribution in [-0.4, -0.2) is 30.2 Å². The van der Waals surface area contributed by atoms with E-state index in [9.17, 15) is 9.59 Å². The second-order valence-electron chi connectivity index (χ2n) is 6.24. The van der Waals surface area contributed by atoms with Crippen molar-refractivity contribution in [3.8, 4) is 5.82 Å². The van der Waals surface area contributed by atoms with Crippen molar-refractivity contribution in [2.24, 2.45) is 0 Å². The van der Waals surface area contributed by atoms with Crippen molar-refractivity contribution < 1.29 is 4.79 Å². The molecule has 28 heavy (non-hydrogen) atoms. The molecule has 4 aromatic rings. The number of hydrogen-bond acceptors (Lipinski definition) is 5. The van der Waals surface area contributed by atoms with Gasteiger partial charge in [0.05, 0.1) is 22.9 Å². The highest BCUT2D eigenvalue weighted by Gasteiger charge is 2.11. The monoisotopic (exact) mass is 374 g/mol. The number of para-hydroxylation sites is 2. The summed E-state index contributed by atoms with van der Waals surface area (Å²) in [6.45, 7) is 2.41. The lowest BCUT2D eigenvalue weighted by Crippen LogP contribution is -2.26. The Morgan fingerprint density at radius 3 is 2.71 bits per heavy atom. The average molecular weight is 374 g/mol. The van der Waals surface area contributed by atoms with Gasteiger partial charge in [0.25, 0.3) is 11.5 Å². The van der Waals surface area contributed by atoms with Crippen molar-refractivity contribution in [2.45, 2.75) is 19.9 Å². The third-order valence-electron chi connectivity index (χ3n) is 4.24. The first-order valence-corrected chi connectivity index (χ1v) is 8.94. The Labute approximate surface area is 160 Å². The first-order chi connectivity index (χ1) is 13.7. The smallest absolute Gasteiger partial charge is 0.276 e. The fraction of sp³-hybridized carbons (Fsp3) is 0.150. The molecule has 0 fully saturated rings. The van der Waals surface area contributed by atoms with Gasteiger partial charge in [-0.3, -0.25) is 14.2 Å². The zero-order valence-corrected chi connectivity index (χ0v) is 15.2. The van der Waals surface area contributed by atoms with Crippen molar-refractivity contribution in [3.05, 3.63) is 77.1 Å². The van der Waals surface area contributed by atoms with Crippen LogP contribution >= 0.6 is 0 Å². The third kappa shape index (κ3) is 3.39. The molecular formula is C20H18N6O2. The molecule has 140 valence electrons. The Morgan fingerprint density at radius 2 is 1.93 bits per heavy atom. The van der Waals surface area contributed by atoms with Crippen LogP contribution in [-0.2, 0) is 6.54 Å². The van der Waals surface area contributed by atoms with E-state index in [0.717, 1.165) is 17.5 Å². The number of pyridine rings is 1. The molecule has 0 radical (unpaired) electrons. The van der Waals surface area contributed by atoms with Crippen molar-refractivity contribution in [2.75, 3.05) is 5.32 Å². The van der Waals surface area contributed by atoms with Gasteiger partial charge in [0.1, 0.15) is 17.8 Å². The van der Waals surface area contributed by atoms with Crippen LogP contribution in [0.25, 0.3) is 16.9 Å². The van der Waals surface area contributed by atoms with Crippen molar-refractivity contribution in [1.29, 1.82) is 0 Å². The Bertz CT molecular complexity index is 1190. The Morgan fingerprint density at radius 1 is 1.07 bits per heavy atom. The van der Waals surface area contributed by atoms with Gasteiger partial charge in [-0.25, -0.2) is 14.6 Å². The second-order valence-corrected chi connectivity index (χ2v) is 6.24. The highest BCUT2D eigenvalue weighted by molar-refractivity contribution is 6.02. The van der Waals surface area contributed by atoms with Gasteiger partial charge in [-0.05, 0) is 36.8 Å². The summed E-state index contributed by atoms with van der Waals surface area (Å²) in [4.78, 5) is 32.9. The van der Waals surface area contributed by atoms with Crippen molar-refractivity contribution in [3.63, 3.8) is 0 Å². The van der Waals surface area contributed by atoms with Gasteiger partial charge in [0.2, 0.25) is 0 Å². The number of hydrogen-bond donors (Lipinski definition) is 1. The molecule has 0 atom stereocenters. The molecule has 1 amide bonds. The maximum atomic E-state index is 12.4. The van der Waals surface area contributed by atoms with Crippen molar-refractivity contribution in [1.82, 2.24) is 24.3 Å². The molecule has 0 aliphatic carbocycles. The number of amides is 1. The van der Waals surface area contributed by atoms with E-state index in [-0.39, 0.29) is 11.3 Å². The lowest BCUT2D eigenvalue weighted by molar-refractivity contribution is 0.101. The molecule has 0 spiro atoms. The number of anilines is 1. The topological polar surface area (TPSA) is 94.7 Å². The van der Waals surface area contributed by atoms with Gasteiger partial charge in [0, 0.05) is 12.6 Å². The first-order valence-electron chi connectivity index (χ1n) is 8.94. The Hall–Kier alpha value is -3.81. The van der Waals surface area contributed by atoms with Crippen LogP contribution in [0.5, 0.6) is 0 Å². The number of carbonyl (C=O) groups is 1. The molecule has 0 aliphatic heterocycles. The van der Waals surface area contributed by atoms with Crippen molar-refractivity contribution >= 4 is 22.6 Å². The Balaban J connectivity index is 1.54. The maximum Gasteiger partial charge on any atom is 0.276 e. The minimum Gasteiger partial charge on any atom is -0.319 e. The van der Waals surface area contributed by atoms with E-state index in [0.29, 0.717) is 18.1 Å². The highest BCUT2D eigenvalue weighted by atomic mass is 16.2. The molecule has 4 rings (SSSR count). The summed E-state index contributed by atoms with van der Waals surface area (Å²) in [7, 11) is 0. The van der Waals surface area contributed by atoms with E-state index in [1.165, 1.54) is 16.8 Å². The summed E-state index contributed by atoms with van der Waals surface area (Å²) in [5.41, 5.74) is 2.33. The van der Waals surface area contributed by atoms with Gasteiger partial charge in [-0.15, -0.1) is 0 Å². The molecule has 8 heteroatoms. The summed E-state index contributed by atoms with van der Waals surface area (Å²) in [6.07, 6.45) is 4.04. The number of aryl methyl sites for hydroxylation is 1. The molecule has 3 heterocycles. The van der Waals surface area contributed by atoms with Crippen LogP contribution in [0.4, 0.5) is 5.69 Å². The maximum absolute atomic E-state index is 12.4. The summed E-state index contributed by atoms with van der Waals surface area (Å²) in [5, 5.41) is 6.86. The van der Waals surface area contributed by atoms with Crippen LogP contribution in [0.3, 0.4) is 0 Å². The number of imidazole rings is 1. The van der Waals surface area contributed by atoms with Gasteiger partial charge >= 0.3 is 0 Å². The van der Waals surface area contributed by atoms with Gasteiger partial charge in [0.15, 0.2) is 0 Å². The van der Waals surface area contributed by atoms with Crippen LogP contribution in [0, 0.1) is 0 Å². The predicted molar refractivity (Wildman–Crippen MR) is 106 cm³/mol. The van der Waals surface area contributed by atoms with E-state index >= 15 is 0 Å². The van der Waals surface area contributed by atoms with Crippen LogP contribution < -0.4 is 10.9 Å². The number of nitrogens with one attached hydrogen (secondary N) is 1. The normalized spacial score (nSPS) is 10.9. The molecule has 0 aliphatic rings.